The molecule has 0 saturated carbocycles. The molecule has 5 rings (SSSR count). The number of halogens is 1. The molecule has 8 nitrogen and oxygen atoms in total. The SMILES string of the molecule is COC(=O)c1ccc(C2C(C(=O)/C=C/c3ccccc3)=C(O)C(=O)N2c2nnc(SCc3ccccc3Cl)s2)cc1. The summed E-state index contributed by atoms with van der Waals surface area (Å²) >= 11 is 8.83. The highest BCUT2D eigenvalue weighted by molar-refractivity contribution is 8.00. The molecule has 1 aliphatic heterocycles. The van der Waals surface area contributed by atoms with Gasteiger partial charge in [0.25, 0.3) is 5.91 Å². The van der Waals surface area contributed by atoms with Gasteiger partial charge in [-0.05, 0) is 41.0 Å². The third-order valence-electron chi connectivity index (χ3n) is 6.26. The van der Waals surface area contributed by atoms with Gasteiger partial charge in [0.05, 0.1) is 24.3 Å². The molecular weight excluding hydrogens is 582 g/mol. The van der Waals surface area contributed by atoms with Crippen molar-refractivity contribution in [2.24, 2.45) is 0 Å². The molecule has 1 atom stereocenters. The fourth-order valence-corrected chi connectivity index (χ4v) is 6.38. The van der Waals surface area contributed by atoms with Crippen LogP contribution >= 0.6 is 34.7 Å². The first kappa shape index (κ1) is 28.3. The van der Waals surface area contributed by atoms with Gasteiger partial charge in [-0.15, -0.1) is 10.2 Å². The van der Waals surface area contributed by atoms with Gasteiger partial charge in [0, 0.05) is 10.8 Å². The predicted octanol–water partition coefficient (Wildman–Crippen LogP) is 6.45. The number of ketones is 1. The average molecular weight is 604 g/mol. The van der Waals surface area contributed by atoms with Crippen LogP contribution in [0.15, 0.2) is 101 Å². The number of aliphatic hydroxyl groups excluding tert-OH is 1. The quantitative estimate of drug-likeness (QED) is 0.101. The second-order valence-electron chi connectivity index (χ2n) is 8.79. The Hall–Kier alpha value is -4.25. The number of carbonyl (C=O) groups is 3. The lowest BCUT2D eigenvalue weighted by molar-refractivity contribution is -0.117. The molecule has 0 aliphatic carbocycles. The molecule has 0 saturated heterocycles. The highest BCUT2D eigenvalue weighted by Crippen LogP contribution is 2.43. The van der Waals surface area contributed by atoms with Crippen LogP contribution in [0.1, 0.15) is 33.1 Å². The number of rotatable bonds is 9. The predicted molar refractivity (Wildman–Crippen MR) is 159 cm³/mol. The first-order chi connectivity index (χ1) is 19.9. The number of benzene rings is 3. The minimum atomic E-state index is -1.00. The Morgan fingerprint density at radius 1 is 1.05 bits per heavy atom. The lowest BCUT2D eigenvalue weighted by Gasteiger charge is -2.23. The Bertz CT molecular complexity index is 1670. The van der Waals surface area contributed by atoms with E-state index in [0.29, 0.717) is 26.2 Å². The van der Waals surface area contributed by atoms with Crippen LogP contribution in [0, 0.1) is 0 Å². The molecule has 0 fully saturated rings. The molecule has 1 aliphatic rings. The number of thioether (sulfide) groups is 1. The van der Waals surface area contributed by atoms with E-state index in [1.165, 1.54) is 42.0 Å². The summed E-state index contributed by atoms with van der Waals surface area (Å²) in [7, 11) is 1.28. The maximum Gasteiger partial charge on any atom is 0.337 e. The molecule has 1 aromatic heterocycles. The van der Waals surface area contributed by atoms with Gasteiger partial charge in [0.15, 0.2) is 15.9 Å². The maximum atomic E-state index is 13.4. The number of amides is 1. The van der Waals surface area contributed by atoms with Crippen molar-refractivity contribution < 1.29 is 24.2 Å². The lowest BCUT2D eigenvalue weighted by Crippen LogP contribution is -2.30. The number of ether oxygens (including phenoxy) is 1. The van der Waals surface area contributed by atoms with Crippen LogP contribution in [-0.2, 0) is 20.1 Å². The third kappa shape index (κ3) is 6.09. The Morgan fingerprint density at radius 3 is 2.46 bits per heavy atom. The molecule has 1 N–H and O–H groups in total. The fraction of sp³-hybridized carbons (Fsp3) is 0.100. The molecule has 0 radical (unpaired) electrons. The van der Waals surface area contributed by atoms with Crippen LogP contribution in [0.2, 0.25) is 5.02 Å². The Labute approximate surface area is 248 Å². The minimum Gasteiger partial charge on any atom is -0.503 e. The summed E-state index contributed by atoms with van der Waals surface area (Å²) in [5, 5.41) is 20.2. The van der Waals surface area contributed by atoms with E-state index in [4.69, 9.17) is 16.3 Å². The van der Waals surface area contributed by atoms with Gasteiger partial charge in [-0.1, -0.05) is 101 Å². The Morgan fingerprint density at radius 2 is 1.76 bits per heavy atom. The van der Waals surface area contributed by atoms with Gasteiger partial charge in [-0.3, -0.25) is 14.5 Å². The van der Waals surface area contributed by atoms with Crippen molar-refractivity contribution in [3.8, 4) is 0 Å². The summed E-state index contributed by atoms with van der Waals surface area (Å²) in [4.78, 5) is 40.1. The van der Waals surface area contributed by atoms with E-state index in [0.717, 1.165) is 22.5 Å². The summed E-state index contributed by atoms with van der Waals surface area (Å²) in [5.41, 5.74) is 2.39. The monoisotopic (exact) mass is 603 g/mol. The molecule has 206 valence electrons. The van der Waals surface area contributed by atoms with Gasteiger partial charge in [0.1, 0.15) is 0 Å². The van der Waals surface area contributed by atoms with E-state index < -0.39 is 29.5 Å². The van der Waals surface area contributed by atoms with E-state index in [1.807, 2.05) is 48.5 Å². The second kappa shape index (κ2) is 12.5. The number of aromatic nitrogens is 2. The first-order valence-electron chi connectivity index (χ1n) is 12.3. The topological polar surface area (TPSA) is 110 Å². The van der Waals surface area contributed by atoms with Crippen LogP contribution < -0.4 is 4.90 Å². The maximum absolute atomic E-state index is 13.4. The Kier molecular flexibility index (Phi) is 8.63. The molecule has 3 aromatic carbocycles. The first-order valence-corrected chi connectivity index (χ1v) is 14.5. The van der Waals surface area contributed by atoms with Crippen LogP contribution in [0.5, 0.6) is 0 Å². The standard InChI is InChI=1S/C30H22ClN3O5S2/c1-39-28(38)20-14-12-19(13-15-20)25-24(23(35)16-11-18-7-3-2-4-8-18)26(36)27(37)34(25)29-32-33-30(41-29)40-17-21-9-5-6-10-22(21)31/h2-16,25,36H,17H2,1H3/b16-11+. The number of nitrogens with zero attached hydrogens (tertiary/aromatic N) is 3. The van der Waals surface area contributed by atoms with Gasteiger partial charge in [-0.2, -0.15) is 0 Å². The van der Waals surface area contributed by atoms with E-state index in [1.54, 1.807) is 24.3 Å². The van der Waals surface area contributed by atoms with Gasteiger partial charge in [0.2, 0.25) is 5.13 Å². The zero-order valence-electron chi connectivity index (χ0n) is 21.6. The number of methoxy groups -OCH3 is 1. The van der Waals surface area contributed by atoms with Crippen LogP contribution in [0.25, 0.3) is 6.08 Å². The molecule has 0 bridgehead atoms. The molecule has 2 heterocycles. The van der Waals surface area contributed by atoms with Crippen LogP contribution in [-0.4, -0.2) is 40.1 Å². The van der Waals surface area contributed by atoms with E-state index in [9.17, 15) is 19.5 Å². The minimum absolute atomic E-state index is 0.103. The largest absolute Gasteiger partial charge is 0.503 e. The summed E-state index contributed by atoms with van der Waals surface area (Å²) in [6, 6.07) is 21.9. The van der Waals surface area contributed by atoms with E-state index >= 15 is 0 Å². The van der Waals surface area contributed by atoms with Crippen molar-refractivity contribution >= 4 is 63.6 Å². The number of allylic oxidation sites excluding steroid dienone is 1. The lowest BCUT2D eigenvalue weighted by atomic mass is 9.95. The summed E-state index contributed by atoms with van der Waals surface area (Å²) in [6.07, 6.45) is 2.93. The number of esters is 1. The van der Waals surface area contributed by atoms with Gasteiger partial charge >= 0.3 is 5.97 Å². The van der Waals surface area contributed by atoms with Crippen molar-refractivity contribution in [2.75, 3.05) is 12.0 Å². The fourth-order valence-electron chi connectivity index (χ4n) is 4.23. The summed E-state index contributed by atoms with van der Waals surface area (Å²) in [6.45, 7) is 0. The van der Waals surface area contributed by atoms with Crippen molar-refractivity contribution in [3.63, 3.8) is 0 Å². The third-order valence-corrected chi connectivity index (χ3v) is 8.73. The Balaban J connectivity index is 1.48. The highest BCUT2D eigenvalue weighted by atomic mass is 35.5. The zero-order valence-corrected chi connectivity index (χ0v) is 23.9. The van der Waals surface area contributed by atoms with Gasteiger partial charge < -0.3 is 9.84 Å². The average Bonchev–Trinajstić information content (AvgIpc) is 3.57. The van der Waals surface area contributed by atoms with Crippen molar-refractivity contribution in [1.82, 2.24) is 10.2 Å². The molecule has 11 heteroatoms. The summed E-state index contributed by atoms with van der Waals surface area (Å²) in [5.74, 6) is -1.97. The molecule has 41 heavy (non-hydrogen) atoms. The molecule has 1 unspecified atom stereocenters. The van der Waals surface area contributed by atoms with Gasteiger partial charge in [-0.25, -0.2) is 4.79 Å². The van der Waals surface area contributed by atoms with E-state index in [-0.39, 0.29) is 10.7 Å². The van der Waals surface area contributed by atoms with Crippen molar-refractivity contribution in [2.45, 2.75) is 16.1 Å². The summed E-state index contributed by atoms with van der Waals surface area (Å²) < 4.78 is 5.36. The number of carbonyl (C=O) groups excluding carboxylic acids is 3. The molecule has 4 aromatic rings. The smallest absolute Gasteiger partial charge is 0.337 e. The number of anilines is 1. The van der Waals surface area contributed by atoms with Crippen molar-refractivity contribution in [1.29, 1.82) is 0 Å². The number of hydrogen-bond acceptors (Lipinski definition) is 9. The number of aliphatic hydroxyl groups is 1. The molecular formula is C30H22ClN3O5S2. The highest BCUT2D eigenvalue weighted by Gasteiger charge is 2.45. The van der Waals surface area contributed by atoms with Crippen LogP contribution in [0.3, 0.4) is 0 Å². The van der Waals surface area contributed by atoms with E-state index in [2.05, 4.69) is 10.2 Å². The number of hydrogen-bond donors (Lipinski definition) is 1. The zero-order chi connectivity index (χ0) is 28.9. The van der Waals surface area contributed by atoms with Crippen LogP contribution in [0.4, 0.5) is 5.13 Å². The van der Waals surface area contributed by atoms with Crippen molar-refractivity contribution in [3.05, 3.63) is 124 Å². The normalized spacial score (nSPS) is 15.1. The molecule has 1 amide bonds. The molecule has 0 spiro atoms. The second-order valence-corrected chi connectivity index (χ2v) is 11.4.